The summed E-state index contributed by atoms with van der Waals surface area (Å²) in [6, 6.07) is 18.1. The van der Waals surface area contributed by atoms with Crippen molar-refractivity contribution < 1.29 is 4.79 Å². The number of hydrogen-bond donors (Lipinski definition) is 2. The van der Waals surface area contributed by atoms with Gasteiger partial charge in [-0.15, -0.1) is 0 Å². The van der Waals surface area contributed by atoms with Crippen molar-refractivity contribution in [3.05, 3.63) is 72.6 Å². The van der Waals surface area contributed by atoms with Gasteiger partial charge in [-0.05, 0) is 44.0 Å². The molecule has 2 aromatic carbocycles. The third kappa shape index (κ3) is 3.32. The molecule has 1 aliphatic rings. The second-order valence-electron chi connectivity index (χ2n) is 7.74. The predicted octanol–water partition coefficient (Wildman–Crippen LogP) is 3.85. The van der Waals surface area contributed by atoms with Crippen LogP contribution in [0.4, 0.5) is 5.82 Å². The Morgan fingerprint density at radius 2 is 1.87 bits per heavy atom. The fourth-order valence-electron chi connectivity index (χ4n) is 4.30. The number of aromatic amines is 1. The molecule has 1 amide bonds. The summed E-state index contributed by atoms with van der Waals surface area (Å²) in [5, 5.41) is 13.2. The van der Waals surface area contributed by atoms with Gasteiger partial charge in [0.2, 0.25) is 0 Å². The second kappa shape index (κ2) is 7.67. The Bertz CT molecular complexity index is 1130. The van der Waals surface area contributed by atoms with Gasteiger partial charge in [-0.25, -0.2) is 0 Å². The number of rotatable bonds is 4. The van der Waals surface area contributed by atoms with Crippen molar-refractivity contribution in [2.45, 2.75) is 31.8 Å². The Morgan fingerprint density at radius 3 is 2.70 bits per heavy atom. The summed E-state index contributed by atoms with van der Waals surface area (Å²) in [6.45, 7) is 2.86. The third-order valence-electron chi connectivity index (χ3n) is 5.89. The fraction of sp³-hybridized carbons (Fsp3) is 0.261. The van der Waals surface area contributed by atoms with Crippen LogP contribution < -0.4 is 5.32 Å². The quantitative estimate of drug-likeness (QED) is 0.545. The lowest BCUT2D eigenvalue weighted by atomic mass is 9.96. The molecule has 0 bridgehead atoms. The first kappa shape index (κ1) is 18.4. The molecule has 1 fully saturated rings. The number of aromatic nitrogens is 4. The molecule has 4 aromatic rings. The number of fused-ring (bicyclic) bond motifs is 1. The van der Waals surface area contributed by atoms with Crippen LogP contribution in [0.25, 0.3) is 16.6 Å². The number of para-hydroxylation sites is 2. The summed E-state index contributed by atoms with van der Waals surface area (Å²) in [6.07, 6.45) is 5.20. The average Bonchev–Trinajstić information content (AvgIpc) is 3.44. The molecule has 0 spiro atoms. The summed E-state index contributed by atoms with van der Waals surface area (Å²) >= 11 is 0. The Balaban J connectivity index is 1.38. The van der Waals surface area contributed by atoms with Gasteiger partial charge in [0.15, 0.2) is 0 Å². The first-order valence-electron chi connectivity index (χ1n) is 10.3. The van der Waals surface area contributed by atoms with Crippen molar-refractivity contribution in [1.29, 1.82) is 0 Å². The van der Waals surface area contributed by atoms with Crippen LogP contribution in [-0.2, 0) is 0 Å². The van der Waals surface area contributed by atoms with Gasteiger partial charge in [0, 0.05) is 29.5 Å². The van der Waals surface area contributed by atoms with Crippen LogP contribution in [0.2, 0.25) is 0 Å². The predicted molar refractivity (Wildman–Crippen MR) is 117 cm³/mol. The van der Waals surface area contributed by atoms with E-state index in [1.807, 2.05) is 41.3 Å². The van der Waals surface area contributed by atoms with Crippen LogP contribution in [0.3, 0.4) is 0 Å². The number of likely N-dealkylation sites (tertiary alicyclic amines) is 1. The fourth-order valence-corrected chi connectivity index (χ4v) is 4.30. The Hall–Kier alpha value is -3.61. The minimum atomic E-state index is 0.0125. The van der Waals surface area contributed by atoms with E-state index in [-0.39, 0.29) is 18.0 Å². The zero-order chi connectivity index (χ0) is 20.5. The van der Waals surface area contributed by atoms with E-state index >= 15 is 0 Å². The van der Waals surface area contributed by atoms with Gasteiger partial charge in [0.1, 0.15) is 5.82 Å². The number of nitrogens with zero attached hydrogens (tertiary/aromatic N) is 4. The topological polar surface area (TPSA) is 78.8 Å². The minimum absolute atomic E-state index is 0.0125. The summed E-state index contributed by atoms with van der Waals surface area (Å²) in [4.78, 5) is 20.4. The van der Waals surface area contributed by atoms with E-state index in [9.17, 15) is 4.79 Å². The zero-order valence-electron chi connectivity index (χ0n) is 16.8. The van der Waals surface area contributed by atoms with Crippen LogP contribution in [0.15, 0.2) is 67.0 Å². The first-order valence-corrected chi connectivity index (χ1v) is 10.3. The molecule has 2 N–H and O–H groups in total. The first-order chi connectivity index (χ1) is 14.7. The number of carbonyl (C=O) groups excluding carboxylic acids is 1. The van der Waals surface area contributed by atoms with Crippen molar-refractivity contribution >= 4 is 22.6 Å². The molecule has 30 heavy (non-hydrogen) atoms. The number of piperidine rings is 1. The van der Waals surface area contributed by atoms with Crippen molar-refractivity contribution in [2.75, 3.05) is 11.9 Å². The summed E-state index contributed by atoms with van der Waals surface area (Å²) < 4.78 is 0. The molecular weight excluding hydrogens is 376 g/mol. The van der Waals surface area contributed by atoms with Crippen molar-refractivity contribution in [3.8, 4) is 5.69 Å². The lowest BCUT2D eigenvalue weighted by molar-refractivity contribution is 0.0616. The van der Waals surface area contributed by atoms with Crippen molar-refractivity contribution in [1.82, 2.24) is 24.9 Å². The van der Waals surface area contributed by atoms with E-state index in [0.29, 0.717) is 11.3 Å². The summed E-state index contributed by atoms with van der Waals surface area (Å²) in [7, 11) is 0. The molecule has 0 saturated carbocycles. The SMILES string of the molecule is C[C@H]1[C@H](Nc2cc3ccccc3[nH]2)CCCN1C(=O)c1ccccc1-n1nccn1. The molecule has 0 aliphatic carbocycles. The van der Waals surface area contributed by atoms with Gasteiger partial charge in [-0.1, -0.05) is 30.3 Å². The van der Waals surface area contributed by atoms with Crippen LogP contribution in [-0.4, -0.2) is 49.4 Å². The number of H-pyrrole nitrogens is 1. The minimum Gasteiger partial charge on any atom is -0.367 e. The lowest BCUT2D eigenvalue weighted by Gasteiger charge is -2.40. The number of carbonyl (C=O) groups is 1. The molecule has 7 nitrogen and oxygen atoms in total. The van der Waals surface area contributed by atoms with E-state index in [2.05, 4.69) is 45.6 Å². The molecule has 0 unspecified atom stereocenters. The third-order valence-corrected chi connectivity index (χ3v) is 5.89. The van der Waals surface area contributed by atoms with E-state index in [4.69, 9.17) is 0 Å². The van der Waals surface area contributed by atoms with Gasteiger partial charge in [-0.3, -0.25) is 4.79 Å². The Labute approximate surface area is 174 Å². The molecule has 1 saturated heterocycles. The highest BCUT2D eigenvalue weighted by Crippen LogP contribution is 2.26. The summed E-state index contributed by atoms with van der Waals surface area (Å²) in [5.41, 5.74) is 2.43. The molecular formula is C23H24N6O. The molecule has 5 rings (SSSR count). The Morgan fingerprint density at radius 1 is 1.10 bits per heavy atom. The van der Waals surface area contributed by atoms with Gasteiger partial charge in [-0.2, -0.15) is 15.0 Å². The molecule has 0 radical (unpaired) electrons. The zero-order valence-corrected chi connectivity index (χ0v) is 16.8. The smallest absolute Gasteiger partial charge is 0.256 e. The molecule has 7 heteroatoms. The van der Waals surface area contributed by atoms with Gasteiger partial charge < -0.3 is 15.2 Å². The lowest BCUT2D eigenvalue weighted by Crippen LogP contribution is -2.52. The maximum atomic E-state index is 13.5. The highest BCUT2D eigenvalue weighted by molar-refractivity contribution is 5.98. The maximum absolute atomic E-state index is 13.5. The monoisotopic (exact) mass is 400 g/mol. The van der Waals surface area contributed by atoms with Gasteiger partial charge in [0.25, 0.3) is 5.91 Å². The number of benzene rings is 2. The molecule has 3 heterocycles. The van der Waals surface area contributed by atoms with Crippen LogP contribution in [0.1, 0.15) is 30.1 Å². The number of nitrogens with one attached hydrogen (secondary N) is 2. The number of amides is 1. The van der Waals surface area contributed by atoms with E-state index in [1.54, 1.807) is 12.4 Å². The van der Waals surface area contributed by atoms with Crippen molar-refractivity contribution in [3.63, 3.8) is 0 Å². The highest BCUT2D eigenvalue weighted by atomic mass is 16.2. The molecule has 2 aromatic heterocycles. The van der Waals surface area contributed by atoms with E-state index < -0.39 is 0 Å². The summed E-state index contributed by atoms with van der Waals surface area (Å²) in [5.74, 6) is 1.00. The maximum Gasteiger partial charge on any atom is 0.256 e. The molecule has 2 atom stereocenters. The Kier molecular flexibility index (Phi) is 4.71. The second-order valence-corrected chi connectivity index (χ2v) is 7.74. The molecule has 1 aliphatic heterocycles. The van der Waals surface area contributed by atoms with Gasteiger partial charge in [0.05, 0.1) is 23.6 Å². The normalized spacial score (nSPS) is 19.2. The van der Waals surface area contributed by atoms with Gasteiger partial charge >= 0.3 is 0 Å². The van der Waals surface area contributed by atoms with Crippen LogP contribution in [0, 0.1) is 0 Å². The van der Waals surface area contributed by atoms with E-state index in [0.717, 1.165) is 30.7 Å². The largest absolute Gasteiger partial charge is 0.367 e. The number of hydrogen-bond acceptors (Lipinski definition) is 4. The van der Waals surface area contributed by atoms with Crippen molar-refractivity contribution in [2.24, 2.45) is 0 Å². The number of anilines is 1. The van der Waals surface area contributed by atoms with Crippen LogP contribution >= 0.6 is 0 Å². The average molecular weight is 400 g/mol. The standard InChI is InChI=1S/C23H24N6O/c1-16-19(26-22-15-17-7-2-4-9-20(17)27-22)10-6-14-28(16)23(30)18-8-3-5-11-21(18)29-24-12-13-25-29/h2-5,7-9,11-13,15-16,19,26-27H,6,10,14H2,1H3/t16-,19+/m0/s1. The molecule has 152 valence electrons. The highest BCUT2D eigenvalue weighted by Gasteiger charge is 2.33. The van der Waals surface area contributed by atoms with Crippen LogP contribution in [0.5, 0.6) is 0 Å². The van der Waals surface area contributed by atoms with E-state index in [1.165, 1.54) is 10.2 Å².